The largest absolute Gasteiger partial charge is 0.497 e. The molecule has 24 heavy (non-hydrogen) atoms. The molecule has 0 heterocycles. The summed E-state index contributed by atoms with van der Waals surface area (Å²) in [4.78, 5) is 23.6. The normalized spacial score (nSPS) is 10.1. The van der Waals surface area contributed by atoms with E-state index in [4.69, 9.17) is 14.2 Å². The van der Waals surface area contributed by atoms with Gasteiger partial charge in [0, 0.05) is 5.56 Å². The van der Waals surface area contributed by atoms with Crippen molar-refractivity contribution >= 4 is 11.8 Å². The van der Waals surface area contributed by atoms with E-state index >= 15 is 0 Å². The zero-order valence-electron chi connectivity index (χ0n) is 13.8. The molecule has 0 aliphatic carbocycles. The maximum absolute atomic E-state index is 11.9. The highest BCUT2D eigenvalue weighted by Crippen LogP contribution is 2.13. The summed E-state index contributed by atoms with van der Waals surface area (Å²) in [5, 5.41) is 0. The number of ketones is 1. The van der Waals surface area contributed by atoms with Crippen molar-refractivity contribution in [2.75, 3.05) is 20.3 Å². The lowest BCUT2D eigenvalue weighted by molar-refractivity contribution is -0.144. The van der Waals surface area contributed by atoms with Crippen molar-refractivity contribution in [3.63, 3.8) is 0 Å². The first-order chi connectivity index (χ1) is 11.6. The van der Waals surface area contributed by atoms with E-state index in [2.05, 4.69) is 6.92 Å². The molecule has 2 aromatic rings. The molecule has 0 unspecified atom stereocenters. The Bertz CT molecular complexity index is 674. The van der Waals surface area contributed by atoms with E-state index in [-0.39, 0.29) is 19.0 Å². The van der Waals surface area contributed by atoms with Crippen molar-refractivity contribution in [1.29, 1.82) is 0 Å². The minimum atomic E-state index is -0.587. The van der Waals surface area contributed by atoms with Gasteiger partial charge in [-0.3, -0.25) is 4.79 Å². The molecular weight excluding hydrogens is 308 g/mol. The molecule has 0 aliphatic heterocycles. The van der Waals surface area contributed by atoms with Crippen LogP contribution in [-0.2, 0) is 16.0 Å². The number of hydrogen-bond donors (Lipinski definition) is 0. The van der Waals surface area contributed by atoms with Crippen molar-refractivity contribution in [2.45, 2.75) is 13.3 Å². The van der Waals surface area contributed by atoms with E-state index in [1.54, 1.807) is 43.5 Å². The molecule has 5 heteroatoms. The monoisotopic (exact) mass is 328 g/mol. The number of ether oxygens (including phenoxy) is 3. The topological polar surface area (TPSA) is 61.8 Å². The van der Waals surface area contributed by atoms with Gasteiger partial charge in [0.2, 0.25) is 0 Å². The van der Waals surface area contributed by atoms with Crippen LogP contribution in [0.3, 0.4) is 0 Å². The van der Waals surface area contributed by atoms with Crippen molar-refractivity contribution < 1.29 is 23.8 Å². The fraction of sp³-hybridized carbons (Fsp3) is 0.263. The Hall–Kier alpha value is -2.82. The number of aryl methyl sites for hydroxylation is 1. The molecule has 0 aromatic heterocycles. The first-order valence-corrected chi connectivity index (χ1v) is 7.67. The van der Waals surface area contributed by atoms with Crippen LogP contribution in [-0.4, -0.2) is 32.1 Å². The van der Waals surface area contributed by atoms with Gasteiger partial charge in [-0.1, -0.05) is 19.1 Å². The van der Waals surface area contributed by atoms with Crippen LogP contribution >= 0.6 is 0 Å². The average Bonchev–Trinajstić information content (AvgIpc) is 2.64. The number of carbonyl (C=O) groups excluding carboxylic acids is 2. The van der Waals surface area contributed by atoms with E-state index < -0.39 is 5.97 Å². The predicted molar refractivity (Wildman–Crippen MR) is 89.6 cm³/mol. The summed E-state index contributed by atoms with van der Waals surface area (Å²) in [6.07, 6.45) is 0.940. The van der Waals surface area contributed by atoms with E-state index in [0.717, 1.165) is 6.42 Å². The lowest BCUT2D eigenvalue weighted by atomic mass is 10.1. The van der Waals surface area contributed by atoms with Crippen LogP contribution in [0.4, 0.5) is 0 Å². The Morgan fingerprint density at radius 2 is 1.50 bits per heavy atom. The number of rotatable bonds is 8. The second-order valence-corrected chi connectivity index (χ2v) is 5.10. The third kappa shape index (κ3) is 5.12. The van der Waals surface area contributed by atoms with Crippen LogP contribution in [0.5, 0.6) is 11.5 Å². The van der Waals surface area contributed by atoms with Gasteiger partial charge in [0.15, 0.2) is 19.0 Å². The Kier molecular flexibility index (Phi) is 6.37. The summed E-state index contributed by atoms with van der Waals surface area (Å²) in [5.74, 6) is 0.381. The lowest BCUT2D eigenvalue weighted by Gasteiger charge is -2.07. The minimum Gasteiger partial charge on any atom is -0.497 e. The molecule has 0 saturated carbocycles. The van der Waals surface area contributed by atoms with Gasteiger partial charge in [-0.25, -0.2) is 4.79 Å². The summed E-state index contributed by atoms with van der Waals surface area (Å²) < 4.78 is 15.3. The van der Waals surface area contributed by atoms with Crippen LogP contribution < -0.4 is 9.47 Å². The SMILES string of the molecule is CCc1ccc(OCC(=O)OCC(=O)c2ccc(OC)cc2)cc1. The van der Waals surface area contributed by atoms with Crippen molar-refractivity contribution in [3.8, 4) is 11.5 Å². The maximum Gasteiger partial charge on any atom is 0.344 e. The average molecular weight is 328 g/mol. The summed E-state index contributed by atoms with van der Waals surface area (Å²) in [7, 11) is 1.55. The minimum absolute atomic E-state index is 0.235. The summed E-state index contributed by atoms with van der Waals surface area (Å²) in [6, 6.07) is 14.1. The second-order valence-electron chi connectivity index (χ2n) is 5.10. The van der Waals surface area contributed by atoms with Crippen molar-refractivity contribution in [3.05, 3.63) is 59.7 Å². The molecule has 0 bridgehead atoms. The van der Waals surface area contributed by atoms with Crippen LogP contribution in [0, 0.1) is 0 Å². The zero-order chi connectivity index (χ0) is 17.4. The van der Waals surface area contributed by atoms with Crippen LogP contribution in [0.25, 0.3) is 0 Å². The first-order valence-electron chi connectivity index (χ1n) is 7.67. The van der Waals surface area contributed by atoms with Crippen LogP contribution in [0.1, 0.15) is 22.8 Å². The third-order valence-electron chi connectivity index (χ3n) is 3.46. The summed E-state index contributed by atoms with van der Waals surface area (Å²) in [5.41, 5.74) is 1.65. The fourth-order valence-electron chi connectivity index (χ4n) is 2.01. The first kappa shape index (κ1) is 17.5. The number of benzene rings is 2. The Morgan fingerprint density at radius 1 is 0.875 bits per heavy atom. The van der Waals surface area contributed by atoms with E-state index in [0.29, 0.717) is 17.1 Å². The molecule has 2 rings (SSSR count). The van der Waals surface area contributed by atoms with Gasteiger partial charge in [-0.2, -0.15) is 0 Å². The highest BCUT2D eigenvalue weighted by Gasteiger charge is 2.11. The second kappa shape index (κ2) is 8.72. The van der Waals surface area contributed by atoms with Crippen LogP contribution in [0.2, 0.25) is 0 Å². The highest BCUT2D eigenvalue weighted by molar-refractivity contribution is 5.98. The van der Waals surface area contributed by atoms with E-state index in [1.807, 2.05) is 12.1 Å². The Labute approximate surface area is 141 Å². The molecular formula is C19H20O5. The predicted octanol–water partition coefficient (Wildman–Crippen LogP) is 3.06. The molecule has 0 fully saturated rings. The van der Waals surface area contributed by atoms with Crippen LogP contribution in [0.15, 0.2) is 48.5 Å². The Balaban J connectivity index is 1.76. The molecule has 126 valence electrons. The molecule has 0 N–H and O–H groups in total. The van der Waals surface area contributed by atoms with Gasteiger partial charge < -0.3 is 14.2 Å². The van der Waals surface area contributed by atoms with E-state index in [1.165, 1.54) is 5.56 Å². The van der Waals surface area contributed by atoms with Gasteiger partial charge in [0.05, 0.1) is 7.11 Å². The lowest BCUT2D eigenvalue weighted by Crippen LogP contribution is -2.19. The number of methoxy groups -OCH3 is 1. The third-order valence-corrected chi connectivity index (χ3v) is 3.46. The number of hydrogen-bond acceptors (Lipinski definition) is 5. The number of Topliss-reactive ketones (excluding diaryl/α,β-unsaturated/α-hetero) is 1. The standard InChI is InChI=1S/C19H20O5/c1-3-14-4-8-17(9-5-14)23-13-19(21)24-12-18(20)15-6-10-16(22-2)11-7-15/h4-11H,3,12-13H2,1-2H3. The van der Waals surface area contributed by atoms with Gasteiger partial charge in [0.1, 0.15) is 11.5 Å². The summed E-state index contributed by atoms with van der Waals surface area (Å²) in [6.45, 7) is 1.51. The summed E-state index contributed by atoms with van der Waals surface area (Å²) >= 11 is 0. The molecule has 0 amide bonds. The highest BCUT2D eigenvalue weighted by atomic mass is 16.6. The number of esters is 1. The van der Waals surface area contributed by atoms with Crippen molar-refractivity contribution in [2.24, 2.45) is 0 Å². The number of carbonyl (C=O) groups is 2. The maximum atomic E-state index is 11.9. The van der Waals surface area contributed by atoms with Gasteiger partial charge in [-0.15, -0.1) is 0 Å². The smallest absolute Gasteiger partial charge is 0.344 e. The fourth-order valence-corrected chi connectivity index (χ4v) is 2.01. The van der Waals surface area contributed by atoms with Gasteiger partial charge >= 0.3 is 5.97 Å². The quantitative estimate of drug-likeness (QED) is 0.550. The van der Waals surface area contributed by atoms with Gasteiger partial charge in [0.25, 0.3) is 0 Å². The van der Waals surface area contributed by atoms with Gasteiger partial charge in [-0.05, 0) is 48.4 Å². The zero-order valence-corrected chi connectivity index (χ0v) is 13.8. The Morgan fingerprint density at radius 3 is 2.08 bits per heavy atom. The van der Waals surface area contributed by atoms with E-state index in [9.17, 15) is 9.59 Å². The molecule has 5 nitrogen and oxygen atoms in total. The molecule has 0 atom stereocenters. The molecule has 2 aromatic carbocycles. The molecule has 0 radical (unpaired) electrons. The molecule has 0 aliphatic rings. The molecule has 0 saturated heterocycles. The molecule has 0 spiro atoms. The van der Waals surface area contributed by atoms with Crippen molar-refractivity contribution in [1.82, 2.24) is 0 Å².